The quantitative estimate of drug-likeness (QED) is 0.687. The SMILES string of the molecule is O=C(NCC(=O)N1CCCC(c2nnc3ccccn23)C1)c1ccc(Cl)cc1Cl. The monoisotopic (exact) mass is 431 g/mol. The molecule has 3 aromatic rings. The van der Waals surface area contributed by atoms with Crippen LogP contribution in [0.15, 0.2) is 42.6 Å². The Morgan fingerprint density at radius 2 is 2.03 bits per heavy atom. The Labute approximate surface area is 177 Å². The third kappa shape index (κ3) is 4.21. The van der Waals surface area contributed by atoms with E-state index in [0.29, 0.717) is 18.1 Å². The van der Waals surface area contributed by atoms with Crippen molar-refractivity contribution in [1.82, 2.24) is 24.8 Å². The van der Waals surface area contributed by atoms with Crippen molar-refractivity contribution in [2.75, 3.05) is 19.6 Å². The van der Waals surface area contributed by atoms with Crippen LogP contribution in [-0.4, -0.2) is 50.9 Å². The summed E-state index contributed by atoms with van der Waals surface area (Å²) in [6.45, 7) is 1.11. The minimum Gasteiger partial charge on any atom is -0.343 e. The molecular weight excluding hydrogens is 413 g/mol. The molecule has 1 aromatic carbocycles. The molecule has 7 nitrogen and oxygen atoms in total. The highest BCUT2D eigenvalue weighted by atomic mass is 35.5. The van der Waals surface area contributed by atoms with Gasteiger partial charge >= 0.3 is 0 Å². The maximum atomic E-state index is 12.7. The lowest BCUT2D eigenvalue weighted by molar-refractivity contribution is -0.131. The Morgan fingerprint density at radius 3 is 2.86 bits per heavy atom. The van der Waals surface area contributed by atoms with Crippen LogP contribution in [0.5, 0.6) is 0 Å². The van der Waals surface area contributed by atoms with E-state index in [1.165, 1.54) is 12.1 Å². The number of amides is 2. The number of hydrogen-bond donors (Lipinski definition) is 1. The Balaban J connectivity index is 1.39. The highest BCUT2D eigenvalue weighted by Gasteiger charge is 2.28. The number of piperidine rings is 1. The normalized spacial score (nSPS) is 16.8. The van der Waals surface area contributed by atoms with Gasteiger partial charge in [-0.15, -0.1) is 10.2 Å². The van der Waals surface area contributed by atoms with E-state index in [2.05, 4.69) is 15.5 Å². The van der Waals surface area contributed by atoms with Crippen molar-refractivity contribution in [3.8, 4) is 0 Å². The topological polar surface area (TPSA) is 79.6 Å². The molecule has 1 aliphatic rings. The van der Waals surface area contributed by atoms with Crippen molar-refractivity contribution in [2.24, 2.45) is 0 Å². The largest absolute Gasteiger partial charge is 0.343 e. The van der Waals surface area contributed by atoms with Crippen molar-refractivity contribution < 1.29 is 9.59 Å². The van der Waals surface area contributed by atoms with Crippen molar-refractivity contribution in [3.63, 3.8) is 0 Å². The van der Waals surface area contributed by atoms with Gasteiger partial charge in [0.05, 0.1) is 17.1 Å². The van der Waals surface area contributed by atoms with E-state index in [9.17, 15) is 9.59 Å². The second-order valence-corrected chi connectivity index (χ2v) is 7.82. The fourth-order valence-electron chi connectivity index (χ4n) is 3.59. The summed E-state index contributed by atoms with van der Waals surface area (Å²) in [5.74, 6) is 0.417. The van der Waals surface area contributed by atoms with Crippen LogP contribution in [0.25, 0.3) is 5.65 Å². The predicted octanol–water partition coefficient (Wildman–Crippen LogP) is 3.17. The van der Waals surface area contributed by atoms with Gasteiger partial charge in [0.25, 0.3) is 5.91 Å². The molecule has 0 aliphatic carbocycles. The Hall–Kier alpha value is -2.64. The highest BCUT2D eigenvalue weighted by Crippen LogP contribution is 2.26. The first kappa shape index (κ1) is 19.7. The minimum absolute atomic E-state index is 0.0922. The summed E-state index contributed by atoms with van der Waals surface area (Å²) in [4.78, 5) is 26.8. The molecule has 0 spiro atoms. The number of hydrogen-bond acceptors (Lipinski definition) is 4. The van der Waals surface area contributed by atoms with E-state index in [1.54, 1.807) is 11.0 Å². The summed E-state index contributed by atoms with van der Waals surface area (Å²) in [5, 5.41) is 11.9. The van der Waals surface area contributed by atoms with Gasteiger partial charge in [0, 0.05) is 30.2 Å². The zero-order valence-corrected chi connectivity index (χ0v) is 17.0. The highest BCUT2D eigenvalue weighted by molar-refractivity contribution is 6.36. The molecule has 9 heteroatoms. The lowest BCUT2D eigenvalue weighted by Gasteiger charge is -2.32. The van der Waals surface area contributed by atoms with Gasteiger partial charge in [0.15, 0.2) is 5.65 Å². The lowest BCUT2D eigenvalue weighted by atomic mass is 9.97. The summed E-state index contributed by atoms with van der Waals surface area (Å²) in [5.41, 5.74) is 1.08. The van der Waals surface area contributed by atoms with Crippen molar-refractivity contribution in [1.29, 1.82) is 0 Å². The van der Waals surface area contributed by atoms with E-state index in [1.807, 2.05) is 28.8 Å². The molecule has 1 atom stereocenters. The molecule has 150 valence electrons. The zero-order chi connectivity index (χ0) is 20.4. The summed E-state index contributed by atoms with van der Waals surface area (Å²) < 4.78 is 1.96. The van der Waals surface area contributed by atoms with Crippen LogP contribution in [0.1, 0.15) is 34.9 Å². The first-order chi connectivity index (χ1) is 14.0. The molecule has 1 aliphatic heterocycles. The average Bonchev–Trinajstić information content (AvgIpc) is 3.16. The molecule has 2 amide bonds. The van der Waals surface area contributed by atoms with Crippen molar-refractivity contribution in [2.45, 2.75) is 18.8 Å². The second-order valence-electron chi connectivity index (χ2n) is 6.97. The van der Waals surface area contributed by atoms with Gasteiger partial charge < -0.3 is 10.2 Å². The van der Waals surface area contributed by atoms with Gasteiger partial charge in [-0.1, -0.05) is 29.3 Å². The Morgan fingerprint density at radius 1 is 1.17 bits per heavy atom. The number of fused-ring (bicyclic) bond motifs is 1. The fraction of sp³-hybridized carbons (Fsp3) is 0.300. The molecule has 0 radical (unpaired) electrons. The maximum Gasteiger partial charge on any atom is 0.253 e. The number of nitrogens with one attached hydrogen (secondary N) is 1. The average molecular weight is 432 g/mol. The second kappa shape index (κ2) is 8.39. The molecule has 1 fully saturated rings. The van der Waals surface area contributed by atoms with E-state index < -0.39 is 5.91 Å². The standard InChI is InChI=1S/C20H19Cl2N5O2/c21-14-6-7-15(16(22)10-14)20(29)23-11-18(28)26-8-3-4-13(12-26)19-25-24-17-5-1-2-9-27(17)19/h1-2,5-7,9-10,13H,3-4,8,11-12H2,(H,23,29). The minimum atomic E-state index is -0.406. The summed E-state index contributed by atoms with van der Waals surface area (Å²) >= 11 is 11.9. The first-order valence-electron chi connectivity index (χ1n) is 9.33. The maximum absolute atomic E-state index is 12.7. The van der Waals surface area contributed by atoms with E-state index >= 15 is 0 Å². The molecule has 1 saturated heterocycles. The molecule has 1 N–H and O–H groups in total. The molecule has 3 heterocycles. The number of pyridine rings is 1. The van der Waals surface area contributed by atoms with Crippen LogP contribution in [0.4, 0.5) is 0 Å². The van der Waals surface area contributed by atoms with E-state index in [4.69, 9.17) is 23.2 Å². The number of halogens is 2. The smallest absolute Gasteiger partial charge is 0.253 e. The predicted molar refractivity (Wildman–Crippen MR) is 110 cm³/mol. The van der Waals surface area contributed by atoms with Gasteiger partial charge in [-0.3, -0.25) is 14.0 Å². The Kier molecular flexibility index (Phi) is 5.69. The summed E-state index contributed by atoms with van der Waals surface area (Å²) in [6.07, 6.45) is 3.74. The van der Waals surface area contributed by atoms with Crippen LogP contribution < -0.4 is 5.32 Å². The van der Waals surface area contributed by atoms with Gasteiger partial charge in [-0.25, -0.2) is 0 Å². The fourth-order valence-corrected chi connectivity index (χ4v) is 4.08. The van der Waals surface area contributed by atoms with Gasteiger partial charge in [0.1, 0.15) is 5.82 Å². The Bertz CT molecular complexity index is 1070. The van der Waals surface area contributed by atoms with Crippen molar-refractivity contribution >= 4 is 40.7 Å². The van der Waals surface area contributed by atoms with Crippen molar-refractivity contribution in [3.05, 3.63) is 64.0 Å². The van der Waals surface area contributed by atoms with Gasteiger partial charge in [-0.2, -0.15) is 0 Å². The third-order valence-electron chi connectivity index (χ3n) is 5.06. The number of likely N-dealkylation sites (tertiary alicyclic amines) is 1. The molecule has 4 rings (SSSR count). The van der Waals surface area contributed by atoms with Crippen LogP contribution in [0.3, 0.4) is 0 Å². The number of aromatic nitrogens is 3. The first-order valence-corrected chi connectivity index (χ1v) is 10.1. The number of nitrogens with zero attached hydrogens (tertiary/aromatic N) is 4. The van der Waals surface area contributed by atoms with Crippen LogP contribution in [0, 0.1) is 0 Å². The van der Waals surface area contributed by atoms with E-state index in [0.717, 1.165) is 24.3 Å². The van der Waals surface area contributed by atoms with Crippen LogP contribution in [0.2, 0.25) is 10.0 Å². The molecule has 1 unspecified atom stereocenters. The third-order valence-corrected chi connectivity index (χ3v) is 5.60. The van der Waals surface area contributed by atoms with Crippen LogP contribution in [-0.2, 0) is 4.79 Å². The van der Waals surface area contributed by atoms with E-state index in [-0.39, 0.29) is 29.0 Å². The van der Waals surface area contributed by atoms with Crippen LogP contribution >= 0.6 is 23.2 Å². The van der Waals surface area contributed by atoms with Gasteiger partial charge in [-0.05, 0) is 43.2 Å². The molecule has 0 bridgehead atoms. The zero-order valence-electron chi connectivity index (χ0n) is 15.5. The summed E-state index contributed by atoms with van der Waals surface area (Å²) in [7, 11) is 0. The molecule has 2 aromatic heterocycles. The molecule has 29 heavy (non-hydrogen) atoms. The van der Waals surface area contributed by atoms with Gasteiger partial charge in [0.2, 0.25) is 5.91 Å². The molecular formula is C20H19Cl2N5O2. The number of benzene rings is 1. The number of rotatable bonds is 4. The summed E-state index contributed by atoms with van der Waals surface area (Å²) in [6, 6.07) is 10.4. The number of carbonyl (C=O) groups is 2. The lowest BCUT2D eigenvalue weighted by Crippen LogP contribution is -2.44. The number of carbonyl (C=O) groups excluding carboxylic acids is 2. The molecule has 0 saturated carbocycles.